The Morgan fingerprint density at radius 2 is 1.73 bits per heavy atom. The molecule has 1 fully saturated rings. The number of carbonyl (C=O) groups excluding carboxylic acids is 1. The Morgan fingerprint density at radius 1 is 1.03 bits per heavy atom. The fourth-order valence-electron chi connectivity index (χ4n) is 3.94. The van der Waals surface area contributed by atoms with Crippen molar-refractivity contribution in [3.63, 3.8) is 0 Å². The summed E-state index contributed by atoms with van der Waals surface area (Å²) >= 11 is 1.51. The zero-order chi connectivity index (χ0) is 23.0. The van der Waals surface area contributed by atoms with E-state index < -0.39 is 0 Å². The van der Waals surface area contributed by atoms with Gasteiger partial charge in [0.25, 0.3) is 5.91 Å². The van der Waals surface area contributed by atoms with Gasteiger partial charge in [-0.25, -0.2) is 0 Å². The molecule has 4 rings (SSSR count). The van der Waals surface area contributed by atoms with Gasteiger partial charge in [-0.05, 0) is 55.3 Å². The number of piperazine rings is 1. The first kappa shape index (κ1) is 23.4. The zero-order valence-corrected chi connectivity index (χ0v) is 20.2. The number of nitrogens with zero attached hydrogens (tertiary/aromatic N) is 3. The molecule has 0 radical (unpaired) electrons. The van der Waals surface area contributed by atoms with Crippen molar-refractivity contribution >= 4 is 17.2 Å². The summed E-state index contributed by atoms with van der Waals surface area (Å²) in [7, 11) is 0. The summed E-state index contributed by atoms with van der Waals surface area (Å²) in [5, 5.41) is 2.95. The van der Waals surface area contributed by atoms with Crippen LogP contribution in [0.3, 0.4) is 0 Å². The van der Waals surface area contributed by atoms with Gasteiger partial charge in [-0.2, -0.15) is 0 Å². The quantitative estimate of drug-likeness (QED) is 0.519. The van der Waals surface area contributed by atoms with Crippen molar-refractivity contribution in [2.45, 2.75) is 33.0 Å². The Labute approximate surface area is 200 Å². The minimum absolute atomic E-state index is 0.0422. The fourth-order valence-corrected chi connectivity index (χ4v) is 4.72. The largest absolute Gasteiger partial charge is 0.489 e. The lowest BCUT2D eigenvalue weighted by molar-refractivity contribution is 0.0936. The second-order valence-corrected chi connectivity index (χ2v) is 9.89. The number of nitrogens with one attached hydrogen (secondary N) is 1. The Kier molecular flexibility index (Phi) is 8.10. The van der Waals surface area contributed by atoms with Crippen LogP contribution in [0.4, 0.5) is 0 Å². The molecule has 6 nitrogen and oxygen atoms in total. The van der Waals surface area contributed by atoms with E-state index in [1.54, 1.807) is 0 Å². The number of thiophene rings is 1. The zero-order valence-electron chi connectivity index (χ0n) is 19.4. The normalized spacial score (nSPS) is 15.8. The number of ether oxygens (including phenoxy) is 1. The summed E-state index contributed by atoms with van der Waals surface area (Å²) in [6.45, 7) is 10.7. The third-order valence-electron chi connectivity index (χ3n) is 5.77. The van der Waals surface area contributed by atoms with Crippen molar-refractivity contribution in [3.8, 4) is 5.75 Å². The molecule has 1 aromatic carbocycles. The Hall–Kier alpha value is -2.74. The number of amides is 1. The number of aromatic nitrogens is 1. The second kappa shape index (κ2) is 11.4. The van der Waals surface area contributed by atoms with E-state index in [2.05, 4.69) is 38.3 Å². The summed E-state index contributed by atoms with van der Waals surface area (Å²) in [5.41, 5.74) is 2.56. The highest BCUT2D eigenvalue weighted by molar-refractivity contribution is 7.13. The number of benzene rings is 1. The van der Waals surface area contributed by atoms with Crippen LogP contribution >= 0.6 is 11.3 Å². The van der Waals surface area contributed by atoms with E-state index in [0.29, 0.717) is 6.54 Å². The molecule has 1 amide bonds. The first-order valence-electron chi connectivity index (χ1n) is 11.5. The van der Waals surface area contributed by atoms with Gasteiger partial charge >= 0.3 is 0 Å². The molecule has 1 aliphatic heterocycles. The fraction of sp³-hybridized carbons (Fsp3) is 0.385. The standard InChI is InChI=1S/C26H32N4O2S/c1-20(16-28-26(31)25-10-5-21(2)33-25)32-24-8-6-22(7-9-24)18-29-12-14-30(15-13-29)19-23-4-3-11-27-17-23/h3-11,17,20H,12-16,18-19H2,1-2H3,(H,28,31)/t20-/m0/s1. The van der Waals surface area contributed by atoms with Crippen LogP contribution in [-0.4, -0.2) is 59.5 Å². The lowest BCUT2D eigenvalue weighted by atomic mass is 10.2. The van der Waals surface area contributed by atoms with Gasteiger partial charge in [0.1, 0.15) is 11.9 Å². The number of aryl methyl sites for hydroxylation is 1. The van der Waals surface area contributed by atoms with Gasteiger partial charge in [0, 0.05) is 56.5 Å². The SMILES string of the molecule is Cc1ccc(C(=O)NC[C@H](C)Oc2ccc(CN3CCN(Cc4cccnc4)CC3)cc2)s1. The second-order valence-electron chi connectivity index (χ2n) is 8.61. The van der Waals surface area contributed by atoms with Crippen LogP contribution in [0.5, 0.6) is 5.75 Å². The highest BCUT2D eigenvalue weighted by Gasteiger charge is 2.17. The van der Waals surface area contributed by atoms with Gasteiger partial charge in [0.15, 0.2) is 0 Å². The average Bonchev–Trinajstić information content (AvgIpc) is 3.27. The molecule has 1 N–H and O–H groups in total. The number of carbonyl (C=O) groups is 1. The van der Waals surface area contributed by atoms with E-state index in [1.165, 1.54) is 22.5 Å². The molecular formula is C26H32N4O2S. The third-order valence-corrected chi connectivity index (χ3v) is 6.77. The molecule has 174 valence electrons. The molecule has 0 spiro atoms. The van der Waals surface area contributed by atoms with Gasteiger partial charge in [-0.3, -0.25) is 19.6 Å². The molecule has 0 unspecified atom stereocenters. The molecule has 0 bridgehead atoms. The van der Waals surface area contributed by atoms with Gasteiger partial charge in [0.05, 0.1) is 11.4 Å². The molecule has 33 heavy (non-hydrogen) atoms. The first-order valence-corrected chi connectivity index (χ1v) is 12.3. The molecule has 3 aromatic rings. The maximum Gasteiger partial charge on any atom is 0.261 e. The molecule has 0 aliphatic carbocycles. The Balaban J connectivity index is 1.17. The molecule has 7 heteroatoms. The predicted molar refractivity (Wildman–Crippen MR) is 133 cm³/mol. The lowest BCUT2D eigenvalue weighted by Gasteiger charge is -2.34. The van der Waals surface area contributed by atoms with Crippen LogP contribution in [0.15, 0.2) is 60.9 Å². The highest BCUT2D eigenvalue weighted by atomic mass is 32.1. The Morgan fingerprint density at radius 3 is 2.33 bits per heavy atom. The first-order chi connectivity index (χ1) is 16.0. The number of hydrogen-bond donors (Lipinski definition) is 1. The maximum atomic E-state index is 12.2. The highest BCUT2D eigenvalue weighted by Crippen LogP contribution is 2.17. The van der Waals surface area contributed by atoms with E-state index in [1.807, 2.05) is 56.6 Å². The van der Waals surface area contributed by atoms with Crippen LogP contribution in [0.1, 0.15) is 32.6 Å². The van der Waals surface area contributed by atoms with Gasteiger partial charge in [-0.15, -0.1) is 11.3 Å². The summed E-state index contributed by atoms with van der Waals surface area (Å²) in [6, 6.07) is 16.3. The molecule has 1 atom stereocenters. The maximum absolute atomic E-state index is 12.2. The van der Waals surface area contributed by atoms with Crippen molar-refractivity contribution in [1.29, 1.82) is 0 Å². The molecule has 3 heterocycles. The van der Waals surface area contributed by atoms with E-state index in [-0.39, 0.29) is 12.0 Å². The summed E-state index contributed by atoms with van der Waals surface area (Å²) in [6.07, 6.45) is 3.67. The minimum atomic E-state index is -0.103. The van der Waals surface area contributed by atoms with E-state index in [4.69, 9.17) is 4.74 Å². The van der Waals surface area contributed by atoms with Crippen LogP contribution in [-0.2, 0) is 13.1 Å². The van der Waals surface area contributed by atoms with Gasteiger partial charge in [-0.1, -0.05) is 18.2 Å². The third kappa shape index (κ3) is 7.12. The predicted octanol–water partition coefficient (Wildman–Crippen LogP) is 3.97. The number of hydrogen-bond acceptors (Lipinski definition) is 6. The Bertz CT molecular complexity index is 1010. The van der Waals surface area contributed by atoms with Crippen LogP contribution in [0, 0.1) is 6.92 Å². The topological polar surface area (TPSA) is 57.7 Å². The van der Waals surface area contributed by atoms with Gasteiger partial charge in [0.2, 0.25) is 0 Å². The summed E-state index contributed by atoms with van der Waals surface area (Å²) in [5.74, 6) is 0.785. The summed E-state index contributed by atoms with van der Waals surface area (Å²) in [4.78, 5) is 23.3. The van der Waals surface area contributed by atoms with E-state index in [0.717, 1.165) is 54.8 Å². The van der Waals surface area contributed by atoms with Crippen molar-refractivity contribution in [2.24, 2.45) is 0 Å². The van der Waals surface area contributed by atoms with Crippen molar-refractivity contribution in [3.05, 3.63) is 81.8 Å². The molecule has 1 saturated heterocycles. The monoisotopic (exact) mass is 464 g/mol. The van der Waals surface area contributed by atoms with Gasteiger partial charge < -0.3 is 10.1 Å². The number of rotatable bonds is 9. The van der Waals surface area contributed by atoms with E-state index in [9.17, 15) is 4.79 Å². The number of pyridine rings is 1. The van der Waals surface area contributed by atoms with Crippen LogP contribution in [0.2, 0.25) is 0 Å². The van der Waals surface area contributed by atoms with E-state index >= 15 is 0 Å². The molecule has 1 aliphatic rings. The van der Waals surface area contributed by atoms with Crippen LogP contribution in [0.25, 0.3) is 0 Å². The average molecular weight is 465 g/mol. The summed E-state index contributed by atoms with van der Waals surface area (Å²) < 4.78 is 5.98. The minimum Gasteiger partial charge on any atom is -0.489 e. The molecular weight excluding hydrogens is 432 g/mol. The smallest absolute Gasteiger partial charge is 0.261 e. The molecule has 0 saturated carbocycles. The van der Waals surface area contributed by atoms with Crippen molar-refractivity contribution in [1.82, 2.24) is 20.1 Å². The molecule has 2 aromatic heterocycles. The van der Waals surface area contributed by atoms with Crippen molar-refractivity contribution in [2.75, 3.05) is 32.7 Å². The van der Waals surface area contributed by atoms with Crippen LogP contribution < -0.4 is 10.1 Å². The van der Waals surface area contributed by atoms with Crippen molar-refractivity contribution < 1.29 is 9.53 Å². The lowest BCUT2D eigenvalue weighted by Crippen LogP contribution is -2.45.